The van der Waals surface area contributed by atoms with Crippen molar-refractivity contribution < 1.29 is 4.74 Å². The van der Waals surface area contributed by atoms with Crippen LogP contribution in [0.3, 0.4) is 0 Å². The van der Waals surface area contributed by atoms with Gasteiger partial charge in [-0.15, -0.1) is 0 Å². The summed E-state index contributed by atoms with van der Waals surface area (Å²) in [6.07, 6.45) is 1.25. The molecule has 1 saturated heterocycles. The van der Waals surface area contributed by atoms with E-state index in [-0.39, 0.29) is 0 Å². The van der Waals surface area contributed by atoms with E-state index < -0.39 is 0 Å². The van der Waals surface area contributed by atoms with Gasteiger partial charge in [-0.3, -0.25) is 0 Å². The molecule has 0 aromatic heterocycles. The summed E-state index contributed by atoms with van der Waals surface area (Å²) >= 11 is 0. The van der Waals surface area contributed by atoms with Gasteiger partial charge in [0.15, 0.2) is 0 Å². The second kappa shape index (κ2) is 5.72. The molecule has 2 nitrogen and oxygen atoms in total. The first-order valence-electron chi connectivity index (χ1n) is 5.91. The molecule has 84 valence electrons. The largest absolute Gasteiger partial charge is 0.381 e. The average molecular weight is 199 g/mol. The number of ether oxygens (including phenoxy) is 1. The van der Waals surface area contributed by atoms with Crippen LogP contribution in [-0.2, 0) is 4.74 Å². The Morgan fingerprint density at radius 2 is 2.00 bits per heavy atom. The Morgan fingerprint density at radius 1 is 1.29 bits per heavy atom. The fraction of sp³-hybridized carbons (Fsp3) is 1.00. The van der Waals surface area contributed by atoms with Gasteiger partial charge in [-0.05, 0) is 32.1 Å². The van der Waals surface area contributed by atoms with Gasteiger partial charge < -0.3 is 9.64 Å². The molecule has 1 unspecified atom stereocenters. The molecule has 1 atom stereocenters. The Balaban J connectivity index is 2.33. The molecule has 2 heteroatoms. The van der Waals surface area contributed by atoms with E-state index in [1.807, 2.05) is 0 Å². The summed E-state index contributed by atoms with van der Waals surface area (Å²) in [4.78, 5) is 2.59. The first kappa shape index (κ1) is 12.0. The first-order chi connectivity index (χ1) is 6.59. The summed E-state index contributed by atoms with van der Waals surface area (Å²) in [6, 6.07) is 0.665. The van der Waals surface area contributed by atoms with Crippen molar-refractivity contribution in [3.8, 4) is 0 Å². The maximum absolute atomic E-state index is 5.42. The van der Waals surface area contributed by atoms with Crippen molar-refractivity contribution in [2.45, 2.75) is 40.2 Å². The zero-order valence-electron chi connectivity index (χ0n) is 10.1. The molecule has 0 N–H and O–H groups in total. The SMILES string of the molecule is CC(C)CN(CC1CCOC1)C(C)C. The molecule has 0 amide bonds. The third kappa shape index (κ3) is 3.97. The van der Waals surface area contributed by atoms with Crippen LogP contribution in [0.2, 0.25) is 0 Å². The first-order valence-corrected chi connectivity index (χ1v) is 5.91. The predicted molar refractivity (Wildman–Crippen MR) is 60.5 cm³/mol. The lowest BCUT2D eigenvalue weighted by Gasteiger charge is -2.30. The van der Waals surface area contributed by atoms with Gasteiger partial charge in [-0.1, -0.05) is 13.8 Å². The Labute approximate surface area is 88.6 Å². The van der Waals surface area contributed by atoms with Gasteiger partial charge in [0, 0.05) is 25.7 Å². The monoisotopic (exact) mass is 199 g/mol. The topological polar surface area (TPSA) is 12.5 Å². The summed E-state index contributed by atoms with van der Waals surface area (Å²) < 4.78 is 5.42. The minimum absolute atomic E-state index is 0.665. The standard InChI is InChI=1S/C12H25NO/c1-10(2)7-13(11(3)4)8-12-5-6-14-9-12/h10-12H,5-9H2,1-4H3. The molecule has 1 heterocycles. The van der Waals surface area contributed by atoms with Crippen molar-refractivity contribution in [2.24, 2.45) is 11.8 Å². The normalized spacial score (nSPS) is 22.9. The van der Waals surface area contributed by atoms with Gasteiger partial charge in [0.05, 0.1) is 6.61 Å². The van der Waals surface area contributed by atoms with E-state index in [0.29, 0.717) is 6.04 Å². The molecule has 0 radical (unpaired) electrons. The third-order valence-corrected chi connectivity index (χ3v) is 2.85. The molecule has 14 heavy (non-hydrogen) atoms. The summed E-state index contributed by atoms with van der Waals surface area (Å²) in [5.74, 6) is 1.54. The van der Waals surface area contributed by atoms with E-state index in [2.05, 4.69) is 32.6 Å². The Bertz CT molecular complexity index is 150. The second-order valence-electron chi connectivity index (χ2n) is 5.17. The molecule has 1 aliphatic rings. The van der Waals surface area contributed by atoms with Crippen molar-refractivity contribution in [2.75, 3.05) is 26.3 Å². The van der Waals surface area contributed by atoms with Crippen LogP contribution in [0.15, 0.2) is 0 Å². The molecule has 0 bridgehead atoms. The summed E-state index contributed by atoms with van der Waals surface area (Å²) in [6.45, 7) is 13.5. The van der Waals surface area contributed by atoms with Crippen molar-refractivity contribution in [1.82, 2.24) is 4.90 Å². The zero-order chi connectivity index (χ0) is 10.6. The van der Waals surface area contributed by atoms with Gasteiger partial charge >= 0.3 is 0 Å². The van der Waals surface area contributed by atoms with Gasteiger partial charge in [0.25, 0.3) is 0 Å². The fourth-order valence-electron chi connectivity index (χ4n) is 2.02. The minimum Gasteiger partial charge on any atom is -0.381 e. The third-order valence-electron chi connectivity index (χ3n) is 2.85. The van der Waals surface area contributed by atoms with Crippen LogP contribution in [0.1, 0.15) is 34.1 Å². The van der Waals surface area contributed by atoms with Crippen LogP contribution in [0.5, 0.6) is 0 Å². The van der Waals surface area contributed by atoms with E-state index in [4.69, 9.17) is 4.74 Å². The molecule has 0 aromatic carbocycles. The Morgan fingerprint density at radius 3 is 2.43 bits per heavy atom. The number of hydrogen-bond donors (Lipinski definition) is 0. The lowest BCUT2D eigenvalue weighted by Crippen LogP contribution is -2.38. The molecule has 0 aromatic rings. The smallest absolute Gasteiger partial charge is 0.0507 e. The fourth-order valence-corrected chi connectivity index (χ4v) is 2.02. The highest BCUT2D eigenvalue weighted by atomic mass is 16.5. The average Bonchev–Trinajstić information content (AvgIpc) is 2.54. The Hall–Kier alpha value is -0.0800. The van der Waals surface area contributed by atoms with Crippen LogP contribution in [0.4, 0.5) is 0 Å². The van der Waals surface area contributed by atoms with E-state index in [0.717, 1.165) is 25.0 Å². The highest BCUT2D eigenvalue weighted by Crippen LogP contribution is 2.16. The van der Waals surface area contributed by atoms with Crippen LogP contribution in [0, 0.1) is 11.8 Å². The number of hydrogen-bond acceptors (Lipinski definition) is 2. The summed E-state index contributed by atoms with van der Waals surface area (Å²) in [7, 11) is 0. The summed E-state index contributed by atoms with van der Waals surface area (Å²) in [5, 5.41) is 0. The quantitative estimate of drug-likeness (QED) is 0.674. The van der Waals surface area contributed by atoms with E-state index in [1.165, 1.54) is 19.5 Å². The molecular weight excluding hydrogens is 174 g/mol. The molecule has 1 rings (SSSR count). The second-order valence-corrected chi connectivity index (χ2v) is 5.17. The Kier molecular flexibility index (Phi) is 4.90. The van der Waals surface area contributed by atoms with Crippen LogP contribution in [0.25, 0.3) is 0 Å². The van der Waals surface area contributed by atoms with Crippen molar-refractivity contribution in [1.29, 1.82) is 0 Å². The molecular formula is C12H25NO. The highest BCUT2D eigenvalue weighted by Gasteiger charge is 2.20. The van der Waals surface area contributed by atoms with Crippen molar-refractivity contribution in [3.63, 3.8) is 0 Å². The van der Waals surface area contributed by atoms with Gasteiger partial charge in [0.2, 0.25) is 0 Å². The van der Waals surface area contributed by atoms with Crippen LogP contribution < -0.4 is 0 Å². The molecule has 0 aliphatic carbocycles. The van der Waals surface area contributed by atoms with Crippen molar-refractivity contribution in [3.05, 3.63) is 0 Å². The van der Waals surface area contributed by atoms with E-state index in [9.17, 15) is 0 Å². The molecule has 0 spiro atoms. The summed E-state index contributed by atoms with van der Waals surface area (Å²) in [5.41, 5.74) is 0. The van der Waals surface area contributed by atoms with Crippen LogP contribution >= 0.6 is 0 Å². The lowest BCUT2D eigenvalue weighted by atomic mass is 10.1. The molecule has 1 fully saturated rings. The highest BCUT2D eigenvalue weighted by molar-refractivity contribution is 4.72. The maximum Gasteiger partial charge on any atom is 0.0507 e. The van der Waals surface area contributed by atoms with Crippen LogP contribution in [-0.4, -0.2) is 37.2 Å². The van der Waals surface area contributed by atoms with E-state index in [1.54, 1.807) is 0 Å². The van der Waals surface area contributed by atoms with Crippen molar-refractivity contribution >= 4 is 0 Å². The van der Waals surface area contributed by atoms with Gasteiger partial charge in [-0.2, -0.15) is 0 Å². The molecule has 1 aliphatic heterocycles. The molecule has 0 saturated carbocycles. The predicted octanol–water partition coefficient (Wildman–Crippen LogP) is 2.39. The number of nitrogens with zero attached hydrogens (tertiary/aromatic N) is 1. The van der Waals surface area contributed by atoms with E-state index >= 15 is 0 Å². The number of rotatable bonds is 5. The lowest BCUT2D eigenvalue weighted by molar-refractivity contribution is 0.143. The maximum atomic E-state index is 5.42. The zero-order valence-corrected chi connectivity index (χ0v) is 10.1. The minimum atomic E-state index is 0.665. The van der Waals surface area contributed by atoms with Gasteiger partial charge in [0.1, 0.15) is 0 Å². The van der Waals surface area contributed by atoms with Gasteiger partial charge in [-0.25, -0.2) is 0 Å².